The zero-order valence-electron chi connectivity index (χ0n) is 19.1. The van der Waals surface area contributed by atoms with Crippen LogP contribution in [0.5, 0.6) is 0 Å². The summed E-state index contributed by atoms with van der Waals surface area (Å²) in [5, 5.41) is 12.0. The summed E-state index contributed by atoms with van der Waals surface area (Å²) in [5.74, 6) is 0. The maximum absolute atomic E-state index is 12.1. The molecule has 3 aromatic rings. The van der Waals surface area contributed by atoms with E-state index in [-0.39, 0.29) is 5.56 Å². The number of hydrogen-bond donors (Lipinski definition) is 2. The standard InChI is InChI=1S/C25H34N4O3/c1-31-17-15-29(16-18-32-2)14-7-3-6-13-26-21-10-8-9-20(19-21)24-22-11-4-5-12-23(22)25(30)28-27-24/h4-5,8-12,19,26H,3,6-7,13-18H2,1-2H3,(H,28,30). The van der Waals surface area contributed by atoms with Gasteiger partial charge in [0.05, 0.1) is 24.3 Å². The van der Waals surface area contributed by atoms with Gasteiger partial charge in [-0.1, -0.05) is 36.8 Å². The molecule has 0 aliphatic carbocycles. The van der Waals surface area contributed by atoms with Gasteiger partial charge in [0.15, 0.2) is 0 Å². The Morgan fingerprint density at radius 1 is 0.906 bits per heavy atom. The molecule has 1 aromatic heterocycles. The van der Waals surface area contributed by atoms with Crippen LogP contribution >= 0.6 is 0 Å². The van der Waals surface area contributed by atoms with Crippen LogP contribution in [0.15, 0.2) is 53.3 Å². The Kier molecular flexibility index (Phi) is 9.68. The van der Waals surface area contributed by atoms with Crippen LogP contribution in [0.2, 0.25) is 0 Å². The molecule has 0 spiro atoms. The van der Waals surface area contributed by atoms with Crippen LogP contribution in [-0.2, 0) is 9.47 Å². The number of nitrogens with zero attached hydrogens (tertiary/aromatic N) is 2. The Balaban J connectivity index is 1.50. The number of H-pyrrole nitrogens is 1. The monoisotopic (exact) mass is 438 g/mol. The molecule has 172 valence electrons. The number of hydrogen-bond acceptors (Lipinski definition) is 6. The largest absolute Gasteiger partial charge is 0.385 e. The van der Waals surface area contributed by atoms with Gasteiger partial charge >= 0.3 is 0 Å². The zero-order chi connectivity index (χ0) is 22.6. The van der Waals surface area contributed by atoms with E-state index in [4.69, 9.17) is 9.47 Å². The molecule has 32 heavy (non-hydrogen) atoms. The molecule has 2 aromatic carbocycles. The van der Waals surface area contributed by atoms with E-state index in [2.05, 4.69) is 32.5 Å². The smallest absolute Gasteiger partial charge is 0.272 e. The average Bonchev–Trinajstić information content (AvgIpc) is 2.83. The van der Waals surface area contributed by atoms with Crippen LogP contribution < -0.4 is 10.9 Å². The van der Waals surface area contributed by atoms with Crippen molar-refractivity contribution < 1.29 is 9.47 Å². The number of aromatic nitrogens is 2. The highest BCUT2D eigenvalue weighted by atomic mass is 16.5. The second-order valence-corrected chi connectivity index (χ2v) is 7.84. The number of unbranched alkanes of at least 4 members (excludes halogenated alkanes) is 2. The zero-order valence-corrected chi connectivity index (χ0v) is 19.1. The number of fused-ring (bicyclic) bond motifs is 1. The van der Waals surface area contributed by atoms with Crippen LogP contribution in [0.4, 0.5) is 5.69 Å². The number of nitrogens with one attached hydrogen (secondary N) is 2. The Morgan fingerprint density at radius 3 is 2.41 bits per heavy atom. The van der Waals surface area contributed by atoms with Crippen LogP contribution in [0.25, 0.3) is 22.0 Å². The van der Waals surface area contributed by atoms with E-state index in [0.29, 0.717) is 5.39 Å². The van der Waals surface area contributed by atoms with Crippen molar-refractivity contribution in [3.8, 4) is 11.3 Å². The molecule has 0 aliphatic heterocycles. The summed E-state index contributed by atoms with van der Waals surface area (Å²) in [6, 6.07) is 15.8. The summed E-state index contributed by atoms with van der Waals surface area (Å²) in [6.45, 7) is 5.37. The van der Waals surface area contributed by atoms with Crippen molar-refractivity contribution >= 4 is 16.5 Å². The van der Waals surface area contributed by atoms with Gasteiger partial charge in [0.25, 0.3) is 5.56 Å². The third kappa shape index (κ3) is 6.88. The van der Waals surface area contributed by atoms with Gasteiger partial charge in [-0.3, -0.25) is 9.69 Å². The van der Waals surface area contributed by atoms with Crippen molar-refractivity contribution in [3.63, 3.8) is 0 Å². The van der Waals surface area contributed by atoms with Gasteiger partial charge in [-0.25, -0.2) is 5.10 Å². The van der Waals surface area contributed by atoms with Gasteiger partial charge in [0.2, 0.25) is 0 Å². The predicted octanol–water partition coefficient (Wildman–Crippen LogP) is 3.77. The summed E-state index contributed by atoms with van der Waals surface area (Å²) in [6.07, 6.45) is 3.42. The molecule has 0 saturated heterocycles. The van der Waals surface area contributed by atoms with Crippen molar-refractivity contribution in [2.24, 2.45) is 0 Å². The van der Waals surface area contributed by atoms with Crippen LogP contribution in [0.1, 0.15) is 19.3 Å². The van der Waals surface area contributed by atoms with E-state index >= 15 is 0 Å². The van der Waals surface area contributed by atoms with Gasteiger partial charge < -0.3 is 14.8 Å². The first-order valence-electron chi connectivity index (χ1n) is 11.2. The highest BCUT2D eigenvalue weighted by Crippen LogP contribution is 2.26. The lowest BCUT2D eigenvalue weighted by Gasteiger charge is -2.21. The summed E-state index contributed by atoms with van der Waals surface area (Å²) in [4.78, 5) is 14.5. The Labute approximate surface area is 189 Å². The van der Waals surface area contributed by atoms with E-state index in [1.165, 1.54) is 0 Å². The summed E-state index contributed by atoms with van der Waals surface area (Å²) < 4.78 is 10.4. The van der Waals surface area contributed by atoms with Gasteiger partial charge in [-0.15, -0.1) is 0 Å². The second-order valence-electron chi connectivity index (χ2n) is 7.84. The molecule has 0 fully saturated rings. The molecule has 0 unspecified atom stereocenters. The SMILES string of the molecule is COCCN(CCCCCNc1cccc(-c2n[nH]c(=O)c3ccccc23)c1)CCOC. The fourth-order valence-electron chi connectivity index (χ4n) is 3.76. The second kappa shape index (κ2) is 13.0. The number of methoxy groups -OCH3 is 2. The molecule has 0 aliphatic rings. The molecule has 0 amide bonds. The molecular weight excluding hydrogens is 404 g/mol. The normalized spacial score (nSPS) is 11.3. The maximum Gasteiger partial charge on any atom is 0.272 e. The van der Waals surface area contributed by atoms with Crippen LogP contribution in [0.3, 0.4) is 0 Å². The number of aromatic amines is 1. The lowest BCUT2D eigenvalue weighted by molar-refractivity contribution is 0.113. The third-order valence-corrected chi connectivity index (χ3v) is 5.54. The number of rotatable bonds is 14. The van der Waals surface area contributed by atoms with Gasteiger partial charge in [0.1, 0.15) is 0 Å². The highest BCUT2D eigenvalue weighted by molar-refractivity contribution is 5.94. The number of anilines is 1. The van der Waals surface area contributed by atoms with Crippen molar-refractivity contribution in [1.29, 1.82) is 0 Å². The Hall–Kier alpha value is -2.74. The minimum atomic E-state index is -0.165. The van der Waals surface area contributed by atoms with Crippen LogP contribution in [-0.4, -0.2) is 68.7 Å². The third-order valence-electron chi connectivity index (χ3n) is 5.54. The van der Waals surface area contributed by atoms with Crippen molar-refractivity contribution in [2.45, 2.75) is 19.3 Å². The highest BCUT2D eigenvalue weighted by Gasteiger charge is 2.09. The Morgan fingerprint density at radius 2 is 1.66 bits per heavy atom. The molecule has 7 nitrogen and oxygen atoms in total. The first-order chi connectivity index (χ1) is 15.7. The molecule has 7 heteroatoms. The minimum Gasteiger partial charge on any atom is -0.385 e. The number of benzene rings is 2. The number of ether oxygens (including phenoxy) is 2. The summed E-state index contributed by atoms with van der Waals surface area (Å²) >= 11 is 0. The molecule has 0 atom stereocenters. The molecular formula is C25H34N4O3. The van der Waals surface area contributed by atoms with Crippen molar-refractivity contribution in [2.75, 3.05) is 58.9 Å². The van der Waals surface area contributed by atoms with Crippen molar-refractivity contribution in [1.82, 2.24) is 15.1 Å². The predicted molar refractivity (Wildman–Crippen MR) is 130 cm³/mol. The van der Waals surface area contributed by atoms with E-state index in [1.54, 1.807) is 14.2 Å². The van der Waals surface area contributed by atoms with E-state index in [1.807, 2.05) is 36.4 Å². The van der Waals surface area contributed by atoms with E-state index < -0.39 is 0 Å². The molecule has 0 saturated carbocycles. The molecule has 1 heterocycles. The molecule has 3 rings (SSSR count). The van der Waals surface area contributed by atoms with Gasteiger partial charge in [-0.2, -0.15) is 5.10 Å². The average molecular weight is 439 g/mol. The van der Waals surface area contributed by atoms with Crippen molar-refractivity contribution in [3.05, 3.63) is 58.9 Å². The minimum absolute atomic E-state index is 0.165. The van der Waals surface area contributed by atoms with Crippen LogP contribution in [0, 0.1) is 0 Å². The van der Waals surface area contributed by atoms with Gasteiger partial charge in [0, 0.05) is 50.5 Å². The van der Waals surface area contributed by atoms with Gasteiger partial charge in [-0.05, 0) is 37.6 Å². The lowest BCUT2D eigenvalue weighted by atomic mass is 10.0. The first-order valence-corrected chi connectivity index (χ1v) is 11.2. The van der Waals surface area contributed by atoms with E-state index in [9.17, 15) is 4.79 Å². The first kappa shape index (κ1) is 23.9. The fourth-order valence-corrected chi connectivity index (χ4v) is 3.76. The topological polar surface area (TPSA) is 79.5 Å². The quantitative estimate of drug-likeness (QED) is 0.373. The Bertz CT molecular complexity index is 1010. The summed E-state index contributed by atoms with van der Waals surface area (Å²) in [7, 11) is 3.48. The molecule has 0 bridgehead atoms. The molecule has 0 radical (unpaired) electrons. The van der Waals surface area contributed by atoms with E-state index in [0.717, 1.165) is 81.0 Å². The maximum atomic E-state index is 12.1. The lowest BCUT2D eigenvalue weighted by Crippen LogP contribution is -2.31. The molecule has 2 N–H and O–H groups in total. The summed E-state index contributed by atoms with van der Waals surface area (Å²) in [5.41, 5.74) is 2.66. The fraction of sp³-hybridized carbons (Fsp3) is 0.440.